The minimum atomic E-state index is -0.316. The first-order chi connectivity index (χ1) is 8.69. The molecule has 0 fully saturated rings. The number of methoxy groups -OCH3 is 1. The van der Waals surface area contributed by atoms with Crippen molar-refractivity contribution in [1.29, 1.82) is 0 Å². The van der Waals surface area contributed by atoms with Crippen LogP contribution in [0.4, 0.5) is 0 Å². The third-order valence-corrected chi connectivity index (χ3v) is 2.67. The quantitative estimate of drug-likeness (QED) is 0.812. The van der Waals surface area contributed by atoms with Crippen molar-refractivity contribution in [2.45, 2.75) is 13.5 Å². The average molecular weight is 246 g/mol. The third kappa shape index (κ3) is 1.95. The molecule has 5 nitrogen and oxygen atoms in total. The number of hydrogen-bond acceptors (Lipinski definition) is 3. The van der Waals surface area contributed by atoms with Gasteiger partial charge in [-0.1, -0.05) is 18.2 Å². The van der Waals surface area contributed by atoms with E-state index < -0.39 is 0 Å². The first kappa shape index (κ1) is 12.2. The van der Waals surface area contributed by atoms with Gasteiger partial charge in [0.1, 0.15) is 0 Å². The molecule has 1 heterocycles. The molecule has 0 aliphatic rings. The summed E-state index contributed by atoms with van der Waals surface area (Å²) in [4.78, 5) is 24.1. The molecule has 0 aliphatic heterocycles. The summed E-state index contributed by atoms with van der Waals surface area (Å²) in [6.45, 7) is 2.19. The lowest BCUT2D eigenvalue weighted by Crippen LogP contribution is -2.37. The van der Waals surface area contributed by atoms with Crippen molar-refractivity contribution >= 4 is 0 Å². The van der Waals surface area contributed by atoms with Gasteiger partial charge in [-0.2, -0.15) is 0 Å². The molecule has 2 rings (SSSR count). The van der Waals surface area contributed by atoms with Gasteiger partial charge in [-0.3, -0.25) is 9.59 Å². The number of rotatable bonds is 3. The molecule has 0 saturated carbocycles. The highest BCUT2D eigenvalue weighted by molar-refractivity contribution is 5.31. The van der Waals surface area contributed by atoms with Gasteiger partial charge in [-0.25, -0.2) is 9.36 Å². The van der Waals surface area contributed by atoms with E-state index in [9.17, 15) is 9.59 Å². The van der Waals surface area contributed by atoms with E-state index in [2.05, 4.69) is 0 Å². The number of para-hydroxylation sites is 1. The van der Waals surface area contributed by atoms with Crippen LogP contribution in [0.3, 0.4) is 0 Å². The zero-order valence-electron chi connectivity index (χ0n) is 10.3. The highest BCUT2D eigenvalue weighted by Crippen LogP contribution is 2.05. The molecular weight excluding hydrogens is 232 g/mol. The smallest absolute Gasteiger partial charge is 0.308 e. The maximum Gasteiger partial charge on any atom is 0.308 e. The zero-order valence-corrected chi connectivity index (χ0v) is 10.3. The Balaban J connectivity index is 2.80. The van der Waals surface area contributed by atoms with E-state index in [1.165, 1.54) is 22.5 Å². The van der Waals surface area contributed by atoms with Gasteiger partial charge in [0.05, 0.1) is 18.9 Å². The van der Waals surface area contributed by atoms with Gasteiger partial charge in [0, 0.05) is 6.54 Å². The second-order valence-electron chi connectivity index (χ2n) is 3.72. The van der Waals surface area contributed by atoms with E-state index in [4.69, 9.17) is 4.74 Å². The molecule has 1 aromatic carbocycles. The monoisotopic (exact) mass is 246 g/mol. The van der Waals surface area contributed by atoms with Crippen molar-refractivity contribution in [3.05, 3.63) is 57.1 Å². The van der Waals surface area contributed by atoms with Crippen molar-refractivity contribution in [2.75, 3.05) is 7.11 Å². The largest absolute Gasteiger partial charge is 0.491 e. The Hall–Kier alpha value is -2.30. The summed E-state index contributed by atoms with van der Waals surface area (Å²) in [5.41, 5.74) is 0.0482. The SMILES string of the molecule is CCn1c(=O)c(OC)cc(=O)n1-c1ccccc1. The number of aromatic nitrogens is 2. The highest BCUT2D eigenvalue weighted by atomic mass is 16.5. The zero-order chi connectivity index (χ0) is 13.1. The molecule has 0 N–H and O–H groups in total. The third-order valence-electron chi connectivity index (χ3n) is 2.67. The van der Waals surface area contributed by atoms with E-state index in [0.717, 1.165) is 0 Å². The highest BCUT2D eigenvalue weighted by Gasteiger charge is 2.11. The summed E-state index contributed by atoms with van der Waals surface area (Å²) in [6, 6.07) is 10.2. The Morgan fingerprint density at radius 3 is 2.39 bits per heavy atom. The van der Waals surface area contributed by atoms with E-state index in [-0.39, 0.29) is 16.9 Å². The van der Waals surface area contributed by atoms with Gasteiger partial charge < -0.3 is 4.74 Å². The van der Waals surface area contributed by atoms with Gasteiger partial charge in [-0.05, 0) is 19.1 Å². The topological polar surface area (TPSA) is 53.2 Å². The summed E-state index contributed by atoms with van der Waals surface area (Å²) in [6.07, 6.45) is 0. The normalized spacial score (nSPS) is 10.3. The van der Waals surface area contributed by atoms with E-state index in [0.29, 0.717) is 12.2 Å². The standard InChI is InChI=1S/C13H14N2O3/c1-3-14-13(17)11(18-2)9-12(16)15(14)10-7-5-4-6-8-10/h4-9H,3H2,1-2H3. The number of nitrogens with zero attached hydrogens (tertiary/aromatic N) is 2. The molecule has 0 radical (unpaired) electrons. The average Bonchev–Trinajstić information content (AvgIpc) is 2.41. The van der Waals surface area contributed by atoms with Gasteiger partial charge in [0.25, 0.3) is 5.56 Å². The first-order valence-electron chi connectivity index (χ1n) is 5.65. The number of ether oxygens (including phenoxy) is 1. The van der Waals surface area contributed by atoms with Gasteiger partial charge in [0.15, 0.2) is 5.75 Å². The minimum Gasteiger partial charge on any atom is -0.491 e. The Bertz CT molecular complexity index is 656. The second-order valence-corrected chi connectivity index (χ2v) is 3.72. The Morgan fingerprint density at radius 2 is 1.83 bits per heavy atom. The Morgan fingerprint density at radius 1 is 1.17 bits per heavy atom. The summed E-state index contributed by atoms with van der Waals surface area (Å²) in [7, 11) is 1.38. The Kier molecular flexibility index (Phi) is 3.32. The lowest BCUT2D eigenvalue weighted by Gasteiger charge is -2.14. The molecule has 0 saturated heterocycles. The van der Waals surface area contributed by atoms with E-state index >= 15 is 0 Å². The molecule has 0 aliphatic carbocycles. The van der Waals surface area contributed by atoms with Gasteiger partial charge in [0.2, 0.25) is 0 Å². The minimum absolute atomic E-state index is 0.0639. The van der Waals surface area contributed by atoms with Crippen molar-refractivity contribution in [3.63, 3.8) is 0 Å². The molecule has 5 heteroatoms. The fraction of sp³-hybridized carbons (Fsp3) is 0.231. The molecular formula is C13H14N2O3. The maximum atomic E-state index is 12.1. The molecule has 0 bridgehead atoms. The van der Waals surface area contributed by atoms with Crippen LogP contribution < -0.4 is 15.9 Å². The second kappa shape index (κ2) is 4.91. The van der Waals surface area contributed by atoms with Crippen molar-refractivity contribution in [1.82, 2.24) is 9.36 Å². The molecule has 2 aromatic rings. The van der Waals surface area contributed by atoms with Crippen LogP contribution in [0.2, 0.25) is 0 Å². The fourth-order valence-corrected chi connectivity index (χ4v) is 1.84. The van der Waals surface area contributed by atoms with Crippen molar-refractivity contribution < 1.29 is 4.74 Å². The van der Waals surface area contributed by atoms with Crippen LogP contribution in [0.15, 0.2) is 46.0 Å². The van der Waals surface area contributed by atoms with Crippen LogP contribution in [-0.4, -0.2) is 16.5 Å². The van der Waals surface area contributed by atoms with Crippen LogP contribution in [0.1, 0.15) is 6.92 Å². The summed E-state index contributed by atoms with van der Waals surface area (Å²) in [5, 5.41) is 0. The van der Waals surface area contributed by atoms with Crippen molar-refractivity contribution in [3.8, 4) is 11.4 Å². The molecule has 94 valence electrons. The summed E-state index contributed by atoms with van der Waals surface area (Å²) in [5.74, 6) is 0.0639. The van der Waals surface area contributed by atoms with Gasteiger partial charge >= 0.3 is 5.56 Å². The first-order valence-corrected chi connectivity index (χ1v) is 5.65. The lowest BCUT2D eigenvalue weighted by atomic mass is 10.3. The van der Waals surface area contributed by atoms with Crippen molar-refractivity contribution in [2.24, 2.45) is 0 Å². The number of benzene rings is 1. The van der Waals surface area contributed by atoms with Crippen LogP contribution in [-0.2, 0) is 6.54 Å². The number of hydrogen-bond donors (Lipinski definition) is 0. The summed E-state index contributed by atoms with van der Waals surface area (Å²) >= 11 is 0. The molecule has 0 atom stereocenters. The predicted molar refractivity (Wildman–Crippen MR) is 68.5 cm³/mol. The van der Waals surface area contributed by atoms with Gasteiger partial charge in [-0.15, -0.1) is 0 Å². The van der Waals surface area contributed by atoms with Crippen LogP contribution in [0.5, 0.6) is 5.75 Å². The molecule has 1 aromatic heterocycles. The van der Waals surface area contributed by atoms with Crippen LogP contribution in [0, 0.1) is 0 Å². The van der Waals surface area contributed by atoms with E-state index in [1.54, 1.807) is 19.1 Å². The van der Waals surface area contributed by atoms with E-state index in [1.807, 2.05) is 18.2 Å². The molecule has 0 spiro atoms. The molecule has 0 amide bonds. The Labute approximate surface area is 104 Å². The van der Waals surface area contributed by atoms with Crippen LogP contribution >= 0.6 is 0 Å². The fourth-order valence-electron chi connectivity index (χ4n) is 1.84. The maximum absolute atomic E-state index is 12.1. The molecule has 0 unspecified atom stereocenters. The lowest BCUT2D eigenvalue weighted by molar-refractivity contribution is 0.389. The predicted octanol–water partition coefficient (Wildman–Crippen LogP) is 1.03. The van der Waals surface area contributed by atoms with Crippen LogP contribution in [0.25, 0.3) is 5.69 Å². The summed E-state index contributed by atoms with van der Waals surface area (Å²) < 4.78 is 7.62. The molecule has 18 heavy (non-hydrogen) atoms.